The maximum absolute atomic E-state index is 16.0. The lowest BCUT2D eigenvalue weighted by atomic mass is 9.76. The van der Waals surface area contributed by atoms with E-state index in [2.05, 4.69) is 51.9 Å². The third-order valence-corrected chi connectivity index (χ3v) is 4.10. The van der Waals surface area contributed by atoms with Gasteiger partial charge in [0, 0.05) is 0 Å². The molecule has 0 spiro atoms. The fraction of sp³-hybridized carbons (Fsp3) is 0.882. The van der Waals surface area contributed by atoms with Gasteiger partial charge < -0.3 is 0 Å². The zero-order valence-corrected chi connectivity index (χ0v) is 14.5. The highest BCUT2D eigenvalue weighted by atomic mass is 19.1. The second kappa shape index (κ2) is 5.36. The summed E-state index contributed by atoms with van der Waals surface area (Å²) >= 11 is 0. The molecule has 120 valence electrons. The predicted molar refractivity (Wildman–Crippen MR) is 84.0 cm³/mol. The summed E-state index contributed by atoms with van der Waals surface area (Å²) in [6.45, 7) is 12.5. The van der Waals surface area contributed by atoms with Gasteiger partial charge in [-0.2, -0.15) is 0 Å². The van der Waals surface area contributed by atoms with Gasteiger partial charge in [-0.3, -0.25) is 0 Å². The Balaban J connectivity index is 2.55. The Kier molecular flexibility index (Phi) is 4.20. The first-order valence-electron chi connectivity index (χ1n) is 8.17. The predicted octanol–water partition coefficient (Wildman–Crippen LogP) is 4.75. The summed E-state index contributed by atoms with van der Waals surface area (Å²) in [5.74, 6) is 0. The molecule has 1 atom stereocenters. The number of alkyl halides is 1. The van der Waals surface area contributed by atoms with Crippen LogP contribution in [0.3, 0.4) is 0 Å². The van der Waals surface area contributed by atoms with Gasteiger partial charge in [-0.15, -0.1) is 5.10 Å². The Hall–Kier alpha value is -0.930. The standard InChI is InChI=1S/C17H30FN3/c1-15(2,3)12-17(18)11-9-7-8-10-13-14(17)21(20-19-13)16(4,5)6/h7-12H2,1-6H3. The Labute approximate surface area is 128 Å². The summed E-state index contributed by atoms with van der Waals surface area (Å²) in [5.41, 5.74) is -0.00107. The number of halogens is 1. The van der Waals surface area contributed by atoms with Gasteiger partial charge in [0.2, 0.25) is 0 Å². The van der Waals surface area contributed by atoms with Crippen molar-refractivity contribution in [3.05, 3.63) is 11.4 Å². The lowest BCUT2D eigenvalue weighted by Crippen LogP contribution is -2.36. The third kappa shape index (κ3) is 3.64. The Morgan fingerprint density at radius 1 is 1.10 bits per heavy atom. The molecular weight excluding hydrogens is 265 g/mol. The Bertz CT molecular complexity index is 493. The summed E-state index contributed by atoms with van der Waals surface area (Å²) in [4.78, 5) is 0. The molecule has 0 bridgehead atoms. The minimum absolute atomic E-state index is 0.0573. The highest BCUT2D eigenvalue weighted by Crippen LogP contribution is 2.45. The number of hydrogen-bond acceptors (Lipinski definition) is 2. The highest BCUT2D eigenvalue weighted by Gasteiger charge is 2.43. The van der Waals surface area contributed by atoms with Crippen LogP contribution in [0.1, 0.15) is 85.0 Å². The summed E-state index contributed by atoms with van der Waals surface area (Å²) in [7, 11) is 0. The smallest absolute Gasteiger partial charge is 0.154 e. The van der Waals surface area contributed by atoms with Crippen molar-refractivity contribution < 1.29 is 4.39 Å². The maximum atomic E-state index is 16.0. The SMILES string of the molecule is CC(C)(C)CC1(F)CCCCCc2nnn(C(C)(C)C)c21. The molecule has 2 rings (SSSR count). The molecule has 4 heteroatoms. The molecule has 0 saturated carbocycles. The van der Waals surface area contributed by atoms with Gasteiger partial charge >= 0.3 is 0 Å². The number of fused-ring (bicyclic) bond motifs is 1. The van der Waals surface area contributed by atoms with Crippen LogP contribution in [0.25, 0.3) is 0 Å². The van der Waals surface area contributed by atoms with Crippen molar-refractivity contribution in [1.82, 2.24) is 15.0 Å². The van der Waals surface area contributed by atoms with Crippen LogP contribution >= 0.6 is 0 Å². The fourth-order valence-corrected chi connectivity index (χ4v) is 3.40. The van der Waals surface area contributed by atoms with E-state index in [1.807, 2.05) is 4.68 Å². The molecule has 1 aliphatic rings. The molecule has 0 aliphatic heterocycles. The van der Waals surface area contributed by atoms with Gasteiger partial charge in [0.25, 0.3) is 0 Å². The van der Waals surface area contributed by atoms with E-state index in [1.165, 1.54) is 0 Å². The first-order valence-corrected chi connectivity index (χ1v) is 8.17. The van der Waals surface area contributed by atoms with Crippen LogP contribution in [0.5, 0.6) is 0 Å². The summed E-state index contributed by atoms with van der Waals surface area (Å²) < 4.78 is 17.9. The first kappa shape index (κ1) is 16.4. The van der Waals surface area contributed by atoms with Crippen molar-refractivity contribution in [3.8, 4) is 0 Å². The summed E-state index contributed by atoms with van der Waals surface area (Å²) in [6, 6.07) is 0. The average Bonchev–Trinajstić information content (AvgIpc) is 2.67. The molecular formula is C17H30FN3. The van der Waals surface area contributed by atoms with Gasteiger partial charge in [-0.05, 0) is 58.3 Å². The highest BCUT2D eigenvalue weighted by molar-refractivity contribution is 5.22. The van der Waals surface area contributed by atoms with E-state index in [4.69, 9.17) is 0 Å². The number of hydrogen-bond donors (Lipinski definition) is 0. The second-order valence-corrected chi connectivity index (χ2v) is 8.73. The van der Waals surface area contributed by atoms with Gasteiger partial charge in [-0.1, -0.05) is 32.4 Å². The van der Waals surface area contributed by atoms with Gasteiger partial charge in [0.05, 0.1) is 16.9 Å². The molecule has 1 aliphatic carbocycles. The number of rotatable bonds is 1. The van der Waals surface area contributed by atoms with Gasteiger partial charge in [0.15, 0.2) is 5.67 Å². The van der Waals surface area contributed by atoms with Crippen molar-refractivity contribution in [2.45, 2.75) is 91.3 Å². The monoisotopic (exact) mass is 295 g/mol. The Morgan fingerprint density at radius 2 is 1.76 bits per heavy atom. The van der Waals surface area contributed by atoms with Crippen LogP contribution < -0.4 is 0 Å². The lowest BCUT2D eigenvalue weighted by Gasteiger charge is -2.36. The van der Waals surface area contributed by atoms with E-state index in [1.54, 1.807) is 0 Å². The quantitative estimate of drug-likeness (QED) is 0.748. The number of nitrogens with zero attached hydrogens (tertiary/aromatic N) is 3. The van der Waals surface area contributed by atoms with Crippen molar-refractivity contribution in [2.75, 3.05) is 0 Å². The molecule has 1 unspecified atom stereocenters. The minimum atomic E-state index is -1.31. The van der Waals surface area contributed by atoms with E-state index in [0.717, 1.165) is 37.1 Å². The molecule has 0 fully saturated rings. The molecule has 1 aromatic heterocycles. The van der Waals surface area contributed by atoms with E-state index >= 15 is 4.39 Å². The van der Waals surface area contributed by atoms with Crippen LogP contribution in [0, 0.1) is 5.41 Å². The molecule has 0 saturated heterocycles. The zero-order valence-electron chi connectivity index (χ0n) is 14.5. The minimum Gasteiger partial charge on any atom is -0.241 e. The topological polar surface area (TPSA) is 30.7 Å². The van der Waals surface area contributed by atoms with E-state index in [9.17, 15) is 0 Å². The van der Waals surface area contributed by atoms with Crippen LogP contribution in [0.4, 0.5) is 4.39 Å². The first-order chi connectivity index (χ1) is 9.53. The molecule has 21 heavy (non-hydrogen) atoms. The summed E-state index contributed by atoms with van der Waals surface area (Å²) in [5, 5.41) is 8.63. The van der Waals surface area contributed by atoms with E-state index < -0.39 is 5.67 Å². The van der Waals surface area contributed by atoms with Gasteiger partial charge in [-0.25, -0.2) is 9.07 Å². The zero-order chi connectivity index (χ0) is 15.9. The van der Waals surface area contributed by atoms with Gasteiger partial charge in [0.1, 0.15) is 0 Å². The molecule has 0 amide bonds. The number of aryl methyl sites for hydroxylation is 1. The molecule has 0 aromatic carbocycles. The van der Waals surface area contributed by atoms with Crippen molar-refractivity contribution in [1.29, 1.82) is 0 Å². The van der Waals surface area contributed by atoms with Crippen molar-refractivity contribution in [2.24, 2.45) is 5.41 Å². The molecule has 0 N–H and O–H groups in total. The maximum Gasteiger partial charge on any atom is 0.154 e. The average molecular weight is 295 g/mol. The number of aromatic nitrogens is 3. The molecule has 1 heterocycles. The van der Waals surface area contributed by atoms with Crippen LogP contribution in [-0.4, -0.2) is 15.0 Å². The largest absolute Gasteiger partial charge is 0.241 e. The molecule has 1 aromatic rings. The third-order valence-electron chi connectivity index (χ3n) is 4.10. The van der Waals surface area contributed by atoms with E-state index in [-0.39, 0.29) is 11.0 Å². The lowest BCUT2D eigenvalue weighted by molar-refractivity contribution is 0.0651. The molecule has 3 nitrogen and oxygen atoms in total. The van der Waals surface area contributed by atoms with Crippen LogP contribution in [0.2, 0.25) is 0 Å². The second-order valence-electron chi connectivity index (χ2n) is 8.73. The van der Waals surface area contributed by atoms with Crippen LogP contribution in [0.15, 0.2) is 0 Å². The van der Waals surface area contributed by atoms with Crippen molar-refractivity contribution >= 4 is 0 Å². The Morgan fingerprint density at radius 3 is 2.33 bits per heavy atom. The molecule has 0 radical (unpaired) electrons. The fourth-order valence-electron chi connectivity index (χ4n) is 3.40. The summed E-state index contributed by atoms with van der Waals surface area (Å²) in [6.07, 6.45) is 5.07. The normalized spacial score (nSPS) is 24.3. The van der Waals surface area contributed by atoms with E-state index in [0.29, 0.717) is 12.8 Å². The van der Waals surface area contributed by atoms with Crippen molar-refractivity contribution in [3.63, 3.8) is 0 Å². The van der Waals surface area contributed by atoms with Crippen LogP contribution in [-0.2, 0) is 17.6 Å².